The minimum absolute atomic E-state index is 0.0482. The molecule has 0 aliphatic carbocycles. The molecule has 0 radical (unpaired) electrons. The minimum atomic E-state index is 0.0482. The summed E-state index contributed by atoms with van der Waals surface area (Å²) >= 11 is 0. The summed E-state index contributed by atoms with van der Waals surface area (Å²) in [6.45, 7) is 0. The van der Waals surface area contributed by atoms with Gasteiger partial charge < -0.3 is 10.3 Å². The molecule has 96 valence electrons. The topological polar surface area (TPSA) is 30.9 Å². The standard InChI is InChI=1S/C17H18N2/c1-19-12-14(15-9-5-6-10-17(15)19)11-16(18)13-7-3-2-4-8-13/h2-10,12,16H,11,18H2,1H3. The summed E-state index contributed by atoms with van der Waals surface area (Å²) in [6, 6.07) is 18.8. The molecule has 1 unspecified atom stereocenters. The molecule has 1 atom stereocenters. The van der Waals surface area contributed by atoms with Crippen molar-refractivity contribution in [2.45, 2.75) is 12.5 Å². The Kier molecular flexibility index (Phi) is 3.10. The fourth-order valence-electron chi connectivity index (χ4n) is 2.64. The summed E-state index contributed by atoms with van der Waals surface area (Å²) in [5.41, 5.74) is 10.1. The fourth-order valence-corrected chi connectivity index (χ4v) is 2.64. The first-order valence-corrected chi connectivity index (χ1v) is 6.59. The van der Waals surface area contributed by atoms with Crippen molar-refractivity contribution >= 4 is 10.9 Å². The zero-order valence-electron chi connectivity index (χ0n) is 11.1. The van der Waals surface area contributed by atoms with Gasteiger partial charge in [-0.2, -0.15) is 0 Å². The molecule has 0 spiro atoms. The lowest BCUT2D eigenvalue weighted by molar-refractivity contribution is 0.723. The van der Waals surface area contributed by atoms with Crippen LogP contribution >= 0.6 is 0 Å². The zero-order valence-corrected chi connectivity index (χ0v) is 11.1. The Morgan fingerprint density at radius 3 is 2.47 bits per heavy atom. The van der Waals surface area contributed by atoms with E-state index in [4.69, 9.17) is 5.73 Å². The van der Waals surface area contributed by atoms with E-state index in [1.807, 2.05) is 18.2 Å². The van der Waals surface area contributed by atoms with Gasteiger partial charge in [0.25, 0.3) is 0 Å². The van der Waals surface area contributed by atoms with Crippen molar-refractivity contribution in [3.63, 3.8) is 0 Å². The summed E-state index contributed by atoms with van der Waals surface area (Å²) in [4.78, 5) is 0. The van der Waals surface area contributed by atoms with Crippen molar-refractivity contribution in [2.24, 2.45) is 12.8 Å². The number of para-hydroxylation sites is 1. The minimum Gasteiger partial charge on any atom is -0.350 e. The Bertz CT molecular complexity index is 683. The largest absolute Gasteiger partial charge is 0.350 e. The van der Waals surface area contributed by atoms with Gasteiger partial charge in [-0.3, -0.25) is 0 Å². The maximum Gasteiger partial charge on any atom is 0.0480 e. The smallest absolute Gasteiger partial charge is 0.0480 e. The maximum atomic E-state index is 6.32. The van der Waals surface area contributed by atoms with Crippen LogP contribution in [0.15, 0.2) is 60.8 Å². The summed E-state index contributed by atoms with van der Waals surface area (Å²) < 4.78 is 2.17. The molecule has 0 fully saturated rings. The van der Waals surface area contributed by atoms with Crippen molar-refractivity contribution in [2.75, 3.05) is 0 Å². The van der Waals surface area contributed by atoms with Crippen LogP contribution in [0, 0.1) is 0 Å². The number of hydrogen-bond acceptors (Lipinski definition) is 1. The van der Waals surface area contributed by atoms with Gasteiger partial charge in [-0.05, 0) is 23.6 Å². The Labute approximate surface area is 113 Å². The van der Waals surface area contributed by atoms with Crippen molar-refractivity contribution in [1.29, 1.82) is 0 Å². The lowest BCUT2D eigenvalue weighted by Gasteiger charge is -2.11. The number of hydrogen-bond donors (Lipinski definition) is 1. The van der Waals surface area contributed by atoms with Crippen LogP contribution < -0.4 is 5.73 Å². The van der Waals surface area contributed by atoms with E-state index in [0.29, 0.717) is 0 Å². The molecule has 2 aromatic carbocycles. The van der Waals surface area contributed by atoms with Crippen molar-refractivity contribution in [1.82, 2.24) is 4.57 Å². The van der Waals surface area contributed by atoms with Gasteiger partial charge in [-0.1, -0.05) is 48.5 Å². The zero-order chi connectivity index (χ0) is 13.2. The van der Waals surface area contributed by atoms with E-state index in [9.17, 15) is 0 Å². The highest BCUT2D eigenvalue weighted by Gasteiger charge is 2.11. The van der Waals surface area contributed by atoms with E-state index in [2.05, 4.69) is 54.2 Å². The molecule has 0 saturated heterocycles. The molecule has 0 bridgehead atoms. The first-order valence-electron chi connectivity index (χ1n) is 6.59. The second kappa shape index (κ2) is 4.90. The molecule has 1 heterocycles. The maximum absolute atomic E-state index is 6.32. The molecule has 0 aliphatic heterocycles. The fraction of sp³-hybridized carbons (Fsp3) is 0.176. The van der Waals surface area contributed by atoms with E-state index in [1.54, 1.807) is 0 Å². The van der Waals surface area contributed by atoms with Crippen LogP contribution in [0.1, 0.15) is 17.2 Å². The van der Waals surface area contributed by atoms with Gasteiger partial charge in [0.05, 0.1) is 0 Å². The molecule has 0 aliphatic rings. The van der Waals surface area contributed by atoms with Crippen LogP contribution in [0.25, 0.3) is 10.9 Å². The normalized spacial score (nSPS) is 12.7. The molecule has 0 saturated carbocycles. The lowest BCUT2D eigenvalue weighted by Crippen LogP contribution is -2.12. The monoisotopic (exact) mass is 250 g/mol. The third-order valence-corrected chi connectivity index (χ3v) is 3.65. The summed E-state index contributed by atoms with van der Waals surface area (Å²) in [5, 5.41) is 1.30. The highest BCUT2D eigenvalue weighted by atomic mass is 14.9. The van der Waals surface area contributed by atoms with Gasteiger partial charge >= 0.3 is 0 Å². The van der Waals surface area contributed by atoms with Gasteiger partial charge in [0.2, 0.25) is 0 Å². The number of nitrogens with two attached hydrogens (primary N) is 1. The molecule has 3 rings (SSSR count). The average molecular weight is 250 g/mol. The number of aromatic nitrogens is 1. The van der Waals surface area contributed by atoms with Crippen LogP contribution in [-0.4, -0.2) is 4.57 Å². The molecule has 3 aromatic rings. The molecular formula is C17H18N2. The van der Waals surface area contributed by atoms with Crippen LogP contribution in [0.2, 0.25) is 0 Å². The number of nitrogens with zero attached hydrogens (tertiary/aromatic N) is 1. The van der Waals surface area contributed by atoms with Crippen LogP contribution in [0.5, 0.6) is 0 Å². The molecule has 19 heavy (non-hydrogen) atoms. The second-order valence-corrected chi connectivity index (χ2v) is 5.00. The number of fused-ring (bicyclic) bond motifs is 1. The molecular weight excluding hydrogens is 232 g/mol. The van der Waals surface area contributed by atoms with Crippen molar-refractivity contribution in [3.8, 4) is 0 Å². The third kappa shape index (κ3) is 2.27. The van der Waals surface area contributed by atoms with Crippen molar-refractivity contribution < 1.29 is 0 Å². The lowest BCUT2D eigenvalue weighted by atomic mass is 9.99. The van der Waals surface area contributed by atoms with E-state index in [0.717, 1.165) is 6.42 Å². The van der Waals surface area contributed by atoms with Crippen LogP contribution in [-0.2, 0) is 13.5 Å². The van der Waals surface area contributed by atoms with Gasteiger partial charge in [0.1, 0.15) is 0 Å². The Hall–Kier alpha value is -2.06. The number of aryl methyl sites for hydroxylation is 1. The predicted molar refractivity (Wildman–Crippen MR) is 80.0 cm³/mol. The highest BCUT2D eigenvalue weighted by Crippen LogP contribution is 2.24. The van der Waals surface area contributed by atoms with E-state index < -0.39 is 0 Å². The third-order valence-electron chi connectivity index (χ3n) is 3.65. The Morgan fingerprint density at radius 1 is 1.00 bits per heavy atom. The van der Waals surface area contributed by atoms with E-state index in [-0.39, 0.29) is 6.04 Å². The SMILES string of the molecule is Cn1cc(CC(N)c2ccccc2)c2ccccc21. The van der Waals surface area contributed by atoms with Gasteiger partial charge in [-0.15, -0.1) is 0 Å². The summed E-state index contributed by atoms with van der Waals surface area (Å²) in [6.07, 6.45) is 3.05. The Morgan fingerprint density at radius 2 is 1.68 bits per heavy atom. The summed E-state index contributed by atoms with van der Waals surface area (Å²) in [5.74, 6) is 0. The van der Waals surface area contributed by atoms with E-state index in [1.165, 1.54) is 22.0 Å². The number of rotatable bonds is 3. The first-order chi connectivity index (χ1) is 9.25. The van der Waals surface area contributed by atoms with Crippen LogP contribution in [0.4, 0.5) is 0 Å². The highest BCUT2D eigenvalue weighted by molar-refractivity contribution is 5.83. The molecule has 2 nitrogen and oxygen atoms in total. The second-order valence-electron chi connectivity index (χ2n) is 5.00. The van der Waals surface area contributed by atoms with Gasteiger partial charge in [-0.25, -0.2) is 0 Å². The summed E-state index contributed by atoms with van der Waals surface area (Å²) in [7, 11) is 2.08. The van der Waals surface area contributed by atoms with Crippen LogP contribution in [0.3, 0.4) is 0 Å². The molecule has 2 heteroatoms. The van der Waals surface area contributed by atoms with Gasteiger partial charge in [0.15, 0.2) is 0 Å². The van der Waals surface area contributed by atoms with Gasteiger partial charge in [0, 0.05) is 30.2 Å². The van der Waals surface area contributed by atoms with E-state index >= 15 is 0 Å². The molecule has 0 amide bonds. The first kappa shape index (κ1) is 12.0. The Balaban J connectivity index is 1.94. The molecule has 2 N–H and O–H groups in total. The quantitative estimate of drug-likeness (QED) is 0.758. The average Bonchev–Trinajstić information content (AvgIpc) is 2.77. The molecule has 1 aromatic heterocycles. The van der Waals surface area contributed by atoms with Crippen molar-refractivity contribution in [3.05, 3.63) is 71.9 Å². The number of benzene rings is 2. The predicted octanol–water partition coefficient (Wildman–Crippen LogP) is 3.42.